The highest BCUT2D eigenvalue weighted by Crippen LogP contribution is 2.18. The third-order valence-corrected chi connectivity index (χ3v) is 3.04. The number of aromatic nitrogens is 2. The molecule has 0 bridgehead atoms. The minimum atomic E-state index is -0.713. The molecule has 17 heavy (non-hydrogen) atoms. The number of hydrogen-bond acceptors (Lipinski definition) is 5. The van der Waals surface area contributed by atoms with E-state index in [-0.39, 0.29) is 5.92 Å². The van der Waals surface area contributed by atoms with Crippen LogP contribution < -0.4 is 0 Å². The van der Waals surface area contributed by atoms with Crippen molar-refractivity contribution in [1.29, 1.82) is 0 Å². The van der Waals surface area contributed by atoms with Crippen molar-refractivity contribution in [1.82, 2.24) is 15.0 Å². The van der Waals surface area contributed by atoms with Crippen LogP contribution in [0.3, 0.4) is 0 Å². The maximum Gasteiger partial charge on any atom is 0.307 e. The molecular weight excluding hydrogens is 222 g/mol. The lowest BCUT2D eigenvalue weighted by molar-refractivity contribution is -0.143. The third-order valence-electron chi connectivity index (χ3n) is 3.04. The fourth-order valence-electron chi connectivity index (χ4n) is 2.09. The van der Waals surface area contributed by atoms with Crippen molar-refractivity contribution in [3.8, 4) is 0 Å². The van der Waals surface area contributed by atoms with Crippen LogP contribution in [0.25, 0.3) is 0 Å². The Morgan fingerprint density at radius 3 is 3.12 bits per heavy atom. The minimum Gasteiger partial charge on any atom is -0.481 e. The summed E-state index contributed by atoms with van der Waals surface area (Å²) in [5.41, 5.74) is 0. The van der Waals surface area contributed by atoms with Crippen LogP contribution in [0.5, 0.6) is 0 Å². The SMILES string of the molecule is CCc1noc(CN2CCCC(C(=O)O)C2)n1. The molecule has 0 radical (unpaired) electrons. The van der Waals surface area contributed by atoms with Crippen molar-refractivity contribution in [2.75, 3.05) is 13.1 Å². The third kappa shape index (κ3) is 3.03. The maximum atomic E-state index is 10.9. The van der Waals surface area contributed by atoms with Crippen molar-refractivity contribution in [2.24, 2.45) is 5.92 Å². The number of likely N-dealkylation sites (tertiary alicyclic amines) is 1. The predicted octanol–water partition coefficient (Wildman–Crippen LogP) is 0.929. The van der Waals surface area contributed by atoms with Crippen LogP contribution >= 0.6 is 0 Å². The average molecular weight is 239 g/mol. The van der Waals surface area contributed by atoms with Gasteiger partial charge in [0.2, 0.25) is 5.89 Å². The number of piperidine rings is 1. The van der Waals surface area contributed by atoms with Gasteiger partial charge < -0.3 is 9.63 Å². The van der Waals surface area contributed by atoms with Crippen LogP contribution in [0.2, 0.25) is 0 Å². The van der Waals surface area contributed by atoms with Crippen molar-refractivity contribution in [2.45, 2.75) is 32.7 Å². The summed E-state index contributed by atoms with van der Waals surface area (Å²) in [6.07, 6.45) is 2.42. The molecule has 0 amide bonds. The smallest absolute Gasteiger partial charge is 0.307 e. The van der Waals surface area contributed by atoms with Crippen molar-refractivity contribution < 1.29 is 14.4 Å². The molecule has 1 N–H and O–H groups in total. The quantitative estimate of drug-likeness (QED) is 0.842. The zero-order valence-corrected chi connectivity index (χ0v) is 9.93. The predicted molar refractivity (Wildman–Crippen MR) is 59.3 cm³/mol. The fraction of sp³-hybridized carbons (Fsp3) is 0.727. The van der Waals surface area contributed by atoms with Gasteiger partial charge in [-0.05, 0) is 19.4 Å². The Balaban J connectivity index is 1.92. The monoisotopic (exact) mass is 239 g/mol. The summed E-state index contributed by atoms with van der Waals surface area (Å²) in [5.74, 6) is 0.298. The number of hydrogen-bond donors (Lipinski definition) is 1. The fourth-order valence-corrected chi connectivity index (χ4v) is 2.09. The summed E-state index contributed by atoms with van der Waals surface area (Å²) in [4.78, 5) is 17.2. The molecule has 1 aromatic heterocycles. The molecule has 0 aliphatic carbocycles. The standard InChI is InChI=1S/C11H17N3O3/c1-2-9-12-10(17-13-9)7-14-5-3-4-8(6-14)11(15)16/h8H,2-7H2,1H3,(H,15,16). The largest absolute Gasteiger partial charge is 0.481 e. The maximum absolute atomic E-state index is 10.9. The Kier molecular flexibility index (Phi) is 3.73. The lowest BCUT2D eigenvalue weighted by Crippen LogP contribution is -2.38. The lowest BCUT2D eigenvalue weighted by atomic mass is 9.98. The topological polar surface area (TPSA) is 79.5 Å². The van der Waals surface area contributed by atoms with E-state index in [1.165, 1.54) is 0 Å². The Morgan fingerprint density at radius 1 is 1.65 bits per heavy atom. The first-order chi connectivity index (χ1) is 8.19. The average Bonchev–Trinajstić information content (AvgIpc) is 2.77. The van der Waals surface area contributed by atoms with E-state index in [0.29, 0.717) is 24.8 Å². The van der Waals surface area contributed by atoms with E-state index >= 15 is 0 Å². The minimum absolute atomic E-state index is 0.266. The summed E-state index contributed by atoms with van der Waals surface area (Å²) in [7, 11) is 0. The zero-order chi connectivity index (χ0) is 12.3. The molecule has 0 spiro atoms. The Morgan fingerprint density at radius 2 is 2.47 bits per heavy atom. The number of nitrogens with zero attached hydrogens (tertiary/aromatic N) is 3. The number of aryl methyl sites for hydroxylation is 1. The van der Waals surface area contributed by atoms with E-state index in [1.807, 2.05) is 6.92 Å². The van der Waals surface area contributed by atoms with Gasteiger partial charge in [-0.1, -0.05) is 12.1 Å². The molecule has 1 aliphatic heterocycles. The molecule has 6 nitrogen and oxygen atoms in total. The second-order valence-electron chi connectivity index (χ2n) is 4.37. The number of carbonyl (C=O) groups is 1. The van der Waals surface area contributed by atoms with Crippen molar-refractivity contribution in [3.05, 3.63) is 11.7 Å². The zero-order valence-electron chi connectivity index (χ0n) is 9.93. The van der Waals surface area contributed by atoms with Crippen LogP contribution in [0.15, 0.2) is 4.52 Å². The molecule has 0 saturated carbocycles. The molecular formula is C11H17N3O3. The Bertz CT molecular complexity index is 391. The van der Waals surface area contributed by atoms with Crippen LogP contribution in [-0.4, -0.2) is 39.2 Å². The summed E-state index contributed by atoms with van der Waals surface area (Å²) < 4.78 is 5.10. The summed E-state index contributed by atoms with van der Waals surface area (Å²) in [6.45, 7) is 3.99. The van der Waals surface area contributed by atoms with E-state index in [2.05, 4.69) is 15.0 Å². The number of carboxylic acids is 1. The van der Waals surface area contributed by atoms with Crippen LogP contribution in [-0.2, 0) is 17.8 Å². The molecule has 1 fully saturated rings. The van der Waals surface area contributed by atoms with Gasteiger partial charge in [-0.2, -0.15) is 4.98 Å². The second kappa shape index (κ2) is 5.27. The van der Waals surface area contributed by atoms with Gasteiger partial charge in [0, 0.05) is 13.0 Å². The van der Waals surface area contributed by atoms with Gasteiger partial charge in [0.25, 0.3) is 0 Å². The van der Waals surface area contributed by atoms with E-state index in [1.54, 1.807) is 0 Å². The van der Waals surface area contributed by atoms with Gasteiger partial charge in [-0.25, -0.2) is 0 Å². The highest BCUT2D eigenvalue weighted by molar-refractivity contribution is 5.70. The molecule has 1 aromatic rings. The van der Waals surface area contributed by atoms with Gasteiger partial charge in [0.15, 0.2) is 5.82 Å². The normalized spacial score (nSPS) is 21.6. The van der Waals surface area contributed by atoms with Gasteiger partial charge in [-0.3, -0.25) is 9.69 Å². The number of aliphatic carboxylic acids is 1. The molecule has 94 valence electrons. The highest BCUT2D eigenvalue weighted by Gasteiger charge is 2.26. The molecule has 1 unspecified atom stereocenters. The van der Waals surface area contributed by atoms with Gasteiger partial charge in [-0.15, -0.1) is 0 Å². The molecule has 0 aromatic carbocycles. The van der Waals surface area contributed by atoms with Gasteiger partial charge in [0.1, 0.15) is 0 Å². The van der Waals surface area contributed by atoms with Gasteiger partial charge >= 0.3 is 5.97 Å². The Hall–Kier alpha value is -1.43. The van der Waals surface area contributed by atoms with E-state index in [0.717, 1.165) is 25.8 Å². The second-order valence-corrected chi connectivity index (χ2v) is 4.37. The van der Waals surface area contributed by atoms with Crippen LogP contribution in [0, 0.1) is 5.92 Å². The molecule has 1 atom stereocenters. The van der Waals surface area contributed by atoms with Crippen molar-refractivity contribution >= 4 is 5.97 Å². The first-order valence-corrected chi connectivity index (χ1v) is 5.95. The van der Waals surface area contributed by atoms with Crippen LogP contribution in [0.4, 0.5) is 0 Å². The van der Waals surface area contributed by atoms with Crippen molar-refractivity contribution in [3.63, 3.8) is 0 Å². The highest BCUT2D eigenvalue weighted by atomic mass is 16.5. The summed E-state index contributed by atoms with van der Waals surface area (Å²) in [5, 5.41) is 12.8. The number of rotatable bonds is 4. The molecule has 2 heterocycles. The molecule has 1 aliphatic rings. The first-order valence-electron chi connectivity index (χ1n) is 5.95. The molecule has 6 heteroatoms. The van der Waals surface area contributed by atoms with E-state index in [9.17, 15) is 4.79 Å². The van der Waals surface area contributed by atoms with Crippen LogP contribution in [0.1, 0.15) is 31.5 Å². The number of carboxylic acid groups (broad SMARTS) is 1. The Labute approximate surface area is 99.6 Å². The van der Waals surface area contributed by atoms with E-state index < -0.39 is 5.97 Å². The lowest BCUT2D eigenvalue weighted by Gasteiger charge is -2.29. The molecule has 1 saturated heterocycles. The summed E-state index contributed by atoms with van der Waals surface area (Å²) in [6, 6.07) is 0. The summed E-state index contributed by atoms with van der Waals surface area (Å²) >= 11 is 0. The first kappa shape index (κ1) is 12.0. The van der Waals surface area contributed by atoms with E-state index in [4.69, 9.17) is 9.63 Å². The van der Waals surface area contributed by atoms with Gasteiger partial charge in [0.05, 0.1) is 12.5 Å². The molecule has 2 rings (SSSR count).